The highest BCUT2D eigenvalue weighted by atomic mass is 16.5. The van der Waals surface area contributed by atoms with Gasteiger partial charge in [0.1, 0.15) is 6.10 Å². The highest BCUT2D eigenvalue weighted by Gasteiger charge is 2.40. The molecule has 0 spiro atoms. The molecule has 0 unspecified atom stereocenters. The summed E-state index contributed by atoms with van der Waals surface area (Å²) in [7, 11) is 0. The summed E-state index contributed by atoms with van der Waals surface area (Å²) in [5.74, 6) is -0.184. The lowest BCUT2D eigenvalue weighted by atomic mass is 9.94. The summed E-state index contributed by atoms with van der Waals surface area (Å²) in [5, 5.41) is 13.5. The Morgan fingerprint density at radius 1 is 1.09 bits per heavy atom. The number of carbonyl (C=O) groups is 2. The lowest BCUT2D eigenvalue weighted by Gasteiger charge is -2.44. The number of β-amino-alcohol motifs (C(OH)–C–C–N with tert-alkyl or cyclic N) is 1. The first-order valence-electron chi connectivity index (χ1n) is 12.0. The second kappa shape index (κ2) is 10.2. The number of aliphatic hydroxyl groups excluding tert-OH is 1. The third-order valence-electron chi connectivity index (χ3n) is 6.98. The molecule has 180 valence electrons. The highest BCUT2D eigenvalue weighted by molar-refractivity contribution is 5.94. The van der Waals surface area contributed by atoms with E-state index in [0.717, 1.165) is 12.8 Å². The van der Waals surface area contributed by atoms with E-state index in [2.05, 4.69) is 22.4 Å². The van der Waals surface area contributed by atoms with Crippen LogP contribution in [0.15, 0.2) is 48.8 Å². The minimum absolute atomic E-state index is 0.00765. The van der Waals surface area contributed by atoms with Gasteiger partial charge in [-0.2, -0.15) is 0 Å². The second-order valence-corrected chi connectivity index (χ2v) is 9.48. The first-order valence-corrected chi connectivity index (χ1v) is 12.0. The van der Waals surface area contributed by atoms with Crippen molar-refractivity contribution in [2.75, 3.05) is 19.8 Å². The van der Waals surface area contributed by atoms with Crippen LogP contribution in [-0.2, 0) is 27.1 Å². The van der Waals surface area contributed by atoms with Crippen LogP contribution in [0.4, 0.5) is 0 Å². The number of rotatable bonds is 4. The van der Waals surface area contributed by atoms with E-state index in [9.17, 15) is 14.7 Å². The van der Waals surface area contributed by atoms with E-state index in [1.165, 1.54) is 17.3 Å². The van der Waals surface area contributed by atoms with Crippen LogP contribution < -0.4 is 5.32 Å². The lowest BCUT2D eigenvalue weighted by molar-refractivity contribution is -0.151. The molecule has 2 saturated heterocycles. The summed E-state index contributed by atoms with van der Waals surface area (Å²) in [6, 6.07) is 11.7. The van der Waals surface area contributed by atoms with E-state index < -0.39 is 6.10 Å². The molecule has 1 aromatic carbocycles. The molecule has 2 amide bonds. The number of nitrogens with zero attached hydrogens (tertiary/aromatic N) is 2. The Kier molecular flexibility index (Phi) is 6.89. The topological polar surface area (TPSA) is 101 Å². The van der Waals surface area contributed by atoms with E-state index in [1.54, 1.807) is 23.2 Å². The molecule has 4 atom stereocenters. The minimum atomic E-state index is -0.763. The van der Waals surface area contributed by atoms with E-state index in [-0.39, 0.29) is 62.3 Å². The van der Waals surface area contributed by atoms with Crippen LogP contribution in [0.5, 0.6) is 0 Å². The van der Waals surface area contributed by atoms with Gasteiger partial charge in [-0.1, -0.05) is 24.3 Å². The van der Waals surface area contributed by atoms with Crippen molar-refractivity contribution in [1.29, 1.82) is 0 Å². The number of benzene rings is 1. The van der Waals surface area contributed by atoms with Gasteiger partial charge >= 0.3 is 0 Å². The average Bonchev–Trinajstić information content (AvgIpc) is 3.24. The molecular weight excluding hydrogens is 434 g/mol. The molecule has 0 radical (unpaired) electrons. The van der Waals surface area contributed by atoms with Gasteiger partial charge in [-0.3, -0.25) is 14.6 Å². The SMILES string of the molecule is O=C(C[C@H]1CC[C@H]2[C@@H](COC[C@@H](O)CN2C(=O)c2cccnc2)O1)NC1Cc2ccccc2C1. The Morgan fingerprint density at radius 3 is 2.62 bits per heavy atom. The molecule has 5 rings (SSSR count). The number of aliphatic hydroxyl groups is 1. The van der Waals surface area contributed by atoms with Crippen LogP contribution in [0.2, 0.25) is 0 Å². The number of hydrogen-bond donors (Lipinski definition) is 2. The predicted octanol–water partition coefficient (Wildman–Crippen LogP) is 1.50. The number of amides is 2. The number of carbonyl (C=O) groups excluding carboxylic acids is 2. The molecule has 34 heavy (non-hydrogen) atoms. The Morgan fingerprint density at radius 2 is 1.88 bits per heavy atom. The molecule has 2 aromatic rings. The van der Waals surface area contributed by atoms with Crippen molar-refractivity contribution in [3.63, 3.8) is 0 Å². The van der Waals surface area contributed by atoms with Gasteiger partial charge in [0.05, 0.1) is 43.4 Å². The Balaban J connectivity index is 1.20. The number of fused-ring (bicyclic) bond motifs is 2. The normalized spacial score (nSPS) is 27.3. The average molecular weight is 466 g/mol. The van der Waals surface area contributed by atoms with Crippen molar-refractivity contribution >= 4 is 11.8 Å². The van der Waals surface area contributed by atoms with Crippen LogP contribution in [0.25, 0.3) is 0 Å². The van der Waals surface area contributed by atoms with Gasteiger partial charge in [0, 0.05) is 25.0 Å². The standard InChI is InChI=1S/C26H31N3O5/c30-21-14-29(26(32)19-6-3-9-27-13-19)23-8-7-22(34-24(23)16-33-15-21)12-25(31)28-20-10-17-4-1-2-5-18(17)11-20/h1-6,9,13,20-24,30H,7-8,10-12,14-16H2,(H,28,31)/t21-,22+,23-,24+/m0/s1. The highest BCUT2D eigenvalue weighted by Crippen LogP contribution is 2.29. The summed E-state index contributed by atoms with van der Waals surface area (Å²) in [5.41, 5.74) is 3.09. The van der Waals surface area contributed by atoms with Crippen LogP contribution in [-0.4, -0.2) is 77.0 Å². The fourth-order valence-corrected chi connectivity index (χ4v) is 5.38. The number of ether oxygens (including phenoxy) is 2. The molecule has 1 aromatic heterocycles. The van der Waals surface area contributed by atoms with Crippen molar-refractivity contribution in [1.82, 2.24) is 15.2 Å². The van der Waals surface area contributed by atoms with E-state index >= 15 is 0 Å². The van der Waals surface area contributed by atoms with Gasteiger partial charge in [0.2, 0.25) is 5.91 Å². The minimum Gasteiger partial charge on any atom is -0.389 e. The van der Waals surface area contributed by atoms with Crippen molar-refractivity contribution in [2.45, 2.75) is 62.5 Å². The van der Waals surface area contributed by atoms with Gasteiger partial charge < -0.3 is 24.8 Å². The Hall–Kier alpha value is -2.81. The van der Waals surface area contributed by atoms with Crippen LogP contribution in [0.1, 0.15) is 40.7 Å². The van der Waals surface area contributed by atoms with Crippen molar-refractivity contribution < 1.29 is 24.2 Å². The molecule has 0 saturated carbocycles. The molecule has 2 aliphatic heterocycles. The molecule has 2 fully saturated rings. The summed E-state index contributed by atoms with van der Waals surface area (Å²) >= 11 is 0. The van der Waals surface area contributed by atoms with Crippen molar-refractivity contribution in [3.05, 3.63) is 65.5 Å². The summed E-state index contributed by atoms with van der Waals surface area (Å²) < 4.78 is 12.0. The predicted molar refractivity (Wildman–Crippen MR) is 124 cm³/mol. The summed E-state index contributed by atoms with van der Waals surface area (Å²) in [6.07, 6.45) is 5.17. The van der Waals surface area contributed by atoms with E-state index in [1.807, 2.05) is 12.1 Å². The Labute approximate surface area is 199 Å². The molecule has 2 N–H and O–H groups in total. The molecule has 1 aliphatic carbocycles. The maximum atomic E-state index is 13.2. The van der Waals surface area contributed by atoms with Gasteiger partial charge in [-0.05, 0) is 48.9 Å². The monoisotopic (exact) mass is 465 g/mol. The maximum absolute atomic E-state index is 13.2. The largest absolute Gasteiger partial charge is 0.389 e. The molecule has 3 aliphatic rings. The van der Waals surface area contributed by atoms with Gasteiger partial charge in [-0.15, -0.1) is 0 Å². The molecule has 3 heterocycles. The number of nitrogens with one attached hydrogen (secondary N) is 1. The molecule has 8 nitrogen and oxygen atoms in total. The first-order chi connectivity index (χ1) is 16.6. The molecule has 8 heteroatoms. The number of hydrogen-bond acceptors (Lipinski definition) is 6. The third-order valence-corrected chi connectivity index (χ3v) is 6.98. The molecular formula is C26H31N3O5. The lowest BCUT2D eigenvalue weighted by Crippen LogP contribution is -2.57. The number of pyridine rings is 1. The van der Waals surface area contributed by atoms with Crippen molar-refractivity contribution in [3.8, 4) is 0 Å². The summed E-state index contributed by atoms with van der Waals surface area (Å²) in [6.45, 7) is 0.580. The van der Waals surface area contributed by atoms with Crippen LogP contribution in [0.3, 0.4) is 0 Å². The van der Waals surface area contributed by atoms with Crippen molar-refractivity contribution in [2.24, 2.45) is 0 Å². The smallest absolute Gasteiger partial charge is 0.255 e. The van der Waals surface area contributed by atoms with Gasteiger partial charge in [-0.25, -0.2) is 0 Å². The summed E-state index contributed by atoms with van der Waals surface area (Å²) in [4.78, 5) is 31.8. The first kappa shape index (κ1) is 23.0. The zero-order chi connectivity index (χ0) is 23.5. The Bertz CT molecular complexity index is 992. The zero-order valence-electron chi connectivity index (χ0n) is 19.1. The fraction of sp³-hybridized carbons (Fsp3) is 0.500. The van der Waals surface area contributed by atoms with Gasteiger partial charge in [0.15, 0.2) is 0 Å². The quantitative estimate of drug-likeness (QED) is 0.710. The van der Waals surface area contributed by atoms with Gasteiger partial charge in [0.25, 0.3) is 5.91 Å². The zero-order valence-corrected chi connectivity index (χ0v) is 19.1. The van der Waals surface area contributed by atoms with E-state index in [4.69, 9.17) is 9.47 Å². The van der Waals surface area contributed by atoms with Crippen LogP contribution >= 0.6 is 0 Å². The third kappa shape index (κ3) is 5.14. The second-order valence-electron chi connectivity index (χ2n) is 9.48. The maximum Gasteiger partial charge on any atom is 0.255 e. The molecule has 0 bridgehead atoms. The fourth-order valence-electron chi connectivity index (χ4n) is 5.38. The number of aromatic nitrogens is 1. The van der Waals surface area contributed by atoms with E-state index in [0.29, 0.717) is 18.4 Å². The van der Waals surface area contributed by atoms with Crippen LogP contribution in [0, 0.1) is 0 Å².